The maximum absolute atomic E-state index is 12.3. The van der Waals surface area contributed by atoms with Gasteiger partial charge in [0.1, 0.15) is 0 Å². The smallest absolute Gasteiger partial charge is 0.255 e. The largest absolute Gasteiger partial charge is 0.395 e. The fourth-order valence-electron chi connectivity index (χ4n) is 2.15. The lowest BCUT2D eigenvalue weighted by atomic mass is 10.2. The summed E-state index contributed by atoms with van der Waals surface area (Å²) in [4.78, 5) is 16.2. The quantitative estimate of drug-likeness (QED) is 0.925. The van der Waals surface area contributed by atoms with Crippen LogP contribution in [0.25, 0.3) is 0 Å². The van der Waals surface area contributed by atoms with Crippen LogP contribution in [0.5, 0.6) is 0 Å². The number of halogens is 2. The lowest BCUT2D eigenvalue weighted by Gasteiger charge is -2.34. The van der Waals surface area contributed by atoms with Crippen LogP contribution in [0.2, 0.25) is 10.0 Å². The molecule has 0 radical (unpaired) electrons. The third-order valence-corrected chi connectivity index (χ3v) is 3.79. The van der Waals surface area contributed by atoms with Crippen molar-refractivity contribution in [3.05, 3.63) is 33.8 Å². The predicted molar refractivity (Wildman–Crippen MR) is 75.9 cm³/mol. The molecule has 0 atom stereocenters. The fraction of sp³-hybridized carbons (Fsp3) is 0.462. The molecule has 1 fully saturated rings. The van der Waals surface area contributed by atoms with Gasteiger partial charge in [-0.25, -0.2) is 0 Å². The van der Waals surface area contributed by atoms with Gasteiger partial charge in [0.15, 0.2) is 0 Å². The molecule has 0 aromatic heterocycles. The fourth-order valence-corrected chi connectivity index (χ4v) is 2.64. The van der Waals surface area contributed by atoms with E-state index in [1.165, 1.54) is 0 Å². The highest BCUT2D eigenvalue weighted by atomic mass is 35.5. The van der Waals surface area contributed by atoms with Crippen molar-refractivity contribution in [2.75, 3.05) is 39.3 Å². The molecular formula is C13H16Cl2N2O2. The van der Waals surface area contributed by atoms with Gasteiger partial charge in [0, 0.05) is 37.7 Å². The van der Waals surface area contributed by atoms with Crippen molar-refractivity contribution in [1.29, 1.82) is 0 Å². The first-order valence-corrected chi connectivity index (χ1v) is 6.95. The molecule has 19 heavy (non-hydrogen) atoms. The monoisotopic (exact) mass is 302 g/mol. The minimum Gasteiger partial charge on any atom is -0.395 e. The number of carbonyl (C=O) groups is 1. The molecule has 4 nitrogen and oxygen atoms in total. The molecule has 1 aliphatic rings. The van der Waals surface area contributed by atoms with Crippen LogP contribution in [-0.2, 0) is 0 Å². The van der Waals surface area contributed by atoms with Crippen molar-refractivity contribution in [2.24, 2.45) is 0 Å². The summed E-state index contributed by atoms with van der Waals surface area (Å²) in [6.07, 6.45) is 0. The molecule has 0 spiro atoms. The number of aliphatic hydroxyl groups excluding tert-OH is 1. The van der Waals surface area contributed by atoms with E-state index in [-0.39, 0.29) is 12.5 Å². The van der Waals surface area contributed by atoms with Gasteiger partial charge in [-0.2, -0.15) is 0 Å². The molecule has 0 saturated carbocycles. The van der Waals surface area contributed by atoms with Crippen LogP contribution < -0.4 is 0 Å². The molecule has 1 aromatic rings. The van der Waals surface area contributed by atoms with E-state index in [1.807, 2.05) is 0 Å². The maximum atomic E-state index is 12.3. The summed E-state index contributed by atoms with van der Waals surface area (Å²) in [6.45, 7) is 3.66. The molecule has 6 heteroatoms. The molecule has 104 valence electrons. The zero-order valence-corrected chi connectivity index (χ0v) is 12.0. The average molecular weight is 303 g/mol. The van der Waals surface area contributed by atoms with Crippen LogP contribution >= 0.6 is 23.2 Å². The van der Waals surface area contributed by atoms with Gasteiger partial charge in [-0.15, -0.1) is 0 Å². The number of benzene rings is 1. The van der Waals surface area contributed by atoms with Gasteiger partial charge in [-0.1, -0.05) is 23.2 Å². The number of rotatable bonds is 3. The van der Waals surface area contributed by atoms with E-state index < -0.39 is 0 Å². The predicted octanol–water partition coefficient (Wildman–Crippen LogP) is 1.74. The molecule has 1 N–H and O–H groups in total. The third-order valence-electron chi connectivity index (χ3n) is 3.24. The first-order chi connectivity index (χ1) is 9.11. The van der Waals surface area contributed by atoms with E-state index in [0.717, 1.165) is 13.1 Å². The Labute approximate surface area is 122 Å². The first-order valence-electron chi connectivity index (χ1n) is 6.19. The molecule has 1 aliphatic heterocycles. The van der Waals surface area contributed by atoms with Gasteiger partial charge in [0.2, 0.25) is 0 Å². The SMILES string of the molecule is O=C(c1ccc(Cl)cc1Cl)N1CCN(CCO)CC1. The molecule has 0 unspecified atom stereocenters. The zero-order chi connectivity index (χ0) is 13.8. The number of hydrogen-bond acceptors (Lipinski definition) is 3. The van der Waals surface area contributed by atoms with Crippen molar-refractivity contribution >= 4 is 29.1 Å². The van der Waals surface area contributed by atoms with Crippen molar-refractivity contribution in [3.63, 3.8) is 0 Å². The minimum absolute atomic E-state index is 0.0645. The normalized spacial score (nSPS) is 16.7. The van der Waals surface area contributed by atoms with Crippen LogP contribution in [0.3, 0.4) is 0 Å². The Kier molecular flexibility index (Phi) is 5.05. The number of piperazine rings is 1. The van der Waals surface area contributed by atoms with Gasteiger partial charge in [0.05, 0.1) is 17.2 Å². The second-order valence-corrected chi connectivity index (χ2v) is 5.33. The summed E-state index contributed by atoms with van der Waals surface area (Å²) in [5, 5.41) is 9.79. The van der Waals surface area contributed by atoms with E-state index in [9.17, 15) is 4.79 Å². The zero-order valence-electron chi connectivity index (χ0n) is 10.5. The molecular weight excluding hydrogens is 287 g/mol. The van der Waals surface area contributed by atoms with Crippen LogP contribution in [0, 0.1) is 0 Å². The van der Waals surface area contributed by atoms with E-state index in [2.05, 4.69) is 4.90 Å². The molecule has 1 aromatic carbocycles. The third kappa shape index (κ3) is 3.60. The van der Waals surface area contributed by atoms with Crippen LogP contribution in [0.15, 0.2) is 18.2 Å². The number of amides is 1. The van der Waals surface area contributed by atoms with Crippen molar-refractivity contribution in [1.82, 2.24) is 9.80 Å². The second kappa shape index (κ2) is 6.57. The Morgan fingerprint density at radius 2 is 1.89 bits per heavy atom. The van der Waals surface area contributed by atoms with Crippen LogP contribution in [-0.4, -0.2) is 60.1 Å². The standard InChI is InChI=1S/C13H16Cl2N2O2/c14-10-1-2-11(12(15)9-10)13(19)17-5-3-16(4-6-17)7-8-18/h1-2,9,18H,3-8H2. The molecule has 0 aliphatic carbocycles. The highest BCUT2D eigenvalue weighted by molar-refractivity contribution is 6.36. The molecule has 1 amide bonds. The maximum Gasteiger partial charge on any atom is 0.255 e. The van der Waals surface area contributed by atoms with Gasteiger partial charge < -0.3 is 10.0 Å². The number of nitrogens with zero attached hydrogens (tertiary/aromatic N) is 2. The summed E-state index contributed by atoms with van der Waals surface area (Å²) in [6, 6.07) is 4.91. The van der Waals surface area contributed by atoms with Crippen molar-refractivity contribution < 1.29 is 9.90 Å². The highest BCUT2D eigenvalue weighted by Crippen LogP contribution is 2.22. The molecule has 2 rings (SSSR count). The molecule has 1 saturated heterocycles. The van der Waals surface area contributed by atoms with Gasteiger partial charge >= 0.3 is 0 Å². The van der Waals surface area contributed by atoms with Gasteiger partial charge in [-0.3, -0.25) is 9.69 Å². The number of hydrogen-bond donors (Lipinski definition) is 1. The molecule has 1 heterocycles. The lowest BCUT2D eigenvalue weighted by molar-refractivity contribution is 0.0615. The first kappa shape index (κ1) is 14.6. The van der Waals surface area contributed by atoms with Crippen molar-refractivity contribution in [3.8, 4) is 0 Å². The minimum atomic E-state index is -0.0645. The number of aliphatic hydroxyl groups is 1. The highest BCUT2D eigenvalue weighted by Gasteiger charge is 2.23. The van der Waals surface area contributed by atoms with E-state index >= 15 is 0 Å². The second-order valence-electron chi connectivity index (χ2n) is 4.48. The van der Waals surface area contributed by atoms with Crippen molar-refractivity contribution in [2.45, 2.75) is 0 Å². The Balaban J connectivity index is 2.01. The Morgan fingerprint density at radius 1 is 1.21 bits per heavy atom. The van der Waals surface area contributed by atoms with Gasteiger partial charge in [0.25, 0.3) is 5.91 Å². The summed E-state index contributed by atoms with van der Waals surface area (Å²) in [5.41, 5.74) is 0.488. The number of carbonyl (C=O) groups excluding carboxylic acids is 1. The van der Waals surface area contributed by atoms with Gasteiger partial charge in [-0.05, 0) is 18.2 Å². The summed E-state index contributed by atoms with van der Waals surface area (Å²) >= 11 is 11.9. The summed E-state index contributed by atoms with van der Waals surface area (Å²) in [7, 11) is 0. The average Bonchev–Trinajstić information content (AvgIpc) is 2.39. The van der Waals surface area contributed by atoms with Crippen LogP contribution in [0.4, 0.5) is 0 Å². The number of β-amino-alcohol motifs (C(OH)–C–C–N with tert-alkyl or cyclic N) is 1. The molecule has 0 bridgehead atoms. The van der Waals surface area contributed by atoms with E-state index in [4.69, 9.17) is 28.3 Å². The Hall–Kier alpha value is -0.810. The van der Waals surface area contributed by atoms with E-state index in [0.29, 0.717) is 35.2 Å². The topological polar surface area (TPSA) is 43.8 Å². The summed E-state index contributed by atoms with van der Waals surface area (Å²) < 4.78 is 0. The van der Waals surface area contributed by atoms with E-state index in [1.54, 1.807) is 23.1 Å². The Bertz CT molecular complexity index is 460. The Morgan fingerprint density at radius 3 is 2.47 bits per heavy atom. The summed E-state index contributed by atoms with van der Waals surface area (Å²) in [5.74, 6) is -0.0645. The van der Waals surface area contributed by atoms with Crippen LogP contribution in [0.1, 0.15) is 10.4 Å². The lowest BCUT2D eigenvalue weighted by Crippen LogP contribution is -2.49.